The number of ether oxygens (including phenoxy) is 1. The van der Waals surface area contributed by atoms with Crippen molar-refractivity contribution in [3.05, 3.63) is 100 Å². The number of hydrogen-bond acceptors (Lipinski definition) is 3. The molecule has 1 aliphatic carbocycles. The summed E-state index contributed by atoms with van der Waals surface area (Å²) >= 11 is 12.4. The molecule has 0 aliphatic heterocycles. The van der Waals surface area contributed by atoms with Gasteiger partial charge in [0.15, 0.2) is 0 Å². The van der Waals surface area contributed by atoms with Gasteiger partial charge in [0.2, 0.25) is 11.8 Å². The molecule has 200 valence electrons. The fraction of sp³-hybridized carbons (Fsp3) is 0.355. The van der Waals surface area contributed by atoms with E-state index in [1.807, 2.05) is 66.7 Å². The minimum Gasteiger partial charge on any atom is -0.494 e. The molecule has 3 aromatic rings. The van der Waals surface area contributed by atoms with Gasteiger partial charge in [0.1, 0.15) is 11.8 Å². The van der Waals surface area contributed by atoms with Crippen molar-refractivity contribution in [2.24, 2.45) is 0 Å². The first-order valence-corrected chi connectivity index (χ1v) is 14.0. The molecular weight excluding hydrogens is 519 g/mol. The van der Waals surface area contributed by atoms with Crippen LogP contribution < -0.4 is 10.1 Å². The molecule has 4 rings (SSSR count). The fourth-order valence-corrected chi connectivity index (χ4v) is 5.15. The number of rotatable bonds is 12. The molecule has 0 radical (unpaired) electrons. The first-order chi connectivity index (χ1) is 18.5. The molecule has 3 aromatic carbocycles. The number of halogens is 2. The monoisotopic (exact) mass is 552 g/mol. The molecule has 0 bridgehead atoms. The van der Waals surface area contributed by atoms with Crippen LogP contribution in [0.15, 0.2) is 78.9 Å². The Labute approximate surface area is 235 Å². The van der Waals surface area contributed by atoms with Crippen molar-refractivity contribution in [3.8, 4) is 5.75 Å². The molecule has 0 unspecified atom stereocenters. The molecule has 38 heavy (non-hydrogen) atoms. The van der Waals surface area contributed by atoms with Crippen LogP contribution in [0, 0.1) is 0 Å². The van der Waals surface area contributed by atoms with Gasteiger partial charge in [-0.2, -0.15) is 0 Å². The number of carbonyl (C=O) groups is 2. The van der Waals surface area contributed by atoms with Gasteiger partial charge >= 0.3 is 0 Å². The zero-order valence-corrected chi connectivity index (χ0v) is 23.0. The third-order valence-electron chi connectivity index (χ3n) is 6.86. The van der Waals surface area contributed by atoms with Gasteiger partial charge in [-0.05, 0) is 54.7 Å². The van der Waals surface area contributed by atoms with Gasteiger partial charge in [-0.15, -0.1) is 0 Å². The summed E-state index contributed by atoms with van der Waals surface area (Å²) in [7, 11) is 0. The first-order valence-electron chi connectivity index (χ1n) is 13.2. The maximum Gasteiger partial charge on any atom is 0.243 e. The largest absolute Gasteiger partial charge is 0.494 e. The summed E-state index contributed by atoms with van der Waals surface area (Å²) in [4.78, 5) is 29.1. The van der Waals surface area contributed by atoms with E-state index in [0.717, 1.165) is 42.6 Å². The van der Waals surface area contributed by atoms with E-state index in [1.54, 1.807) is 17.0 Å². The average molecular weight is 554 g/mol. The number of para-hydroxylation sites is 1. The SMILES string of the molecule is O=C(NC1CCCC1)[C@@H](Cc1ccccc1)N(Cc1ccc(Cl)c(Cl)c1)C(=O)CCCOc1ccccc1. The summed E-state index contributed by atoms with van der Waals surface area (Å²) < 4.78 is 5.79. The van der Waals surface area contributed by atoms with Crippen LogP contribution in [0.4, 0.5) is 0 Å². The number of amides is 2. The van der Waals surface area contributed by atoms with Crippen molar-refractivity contribution < 1.29 is 14.3 Å². The van der Waals surface area contributed by atoms with Gasteiger partial charge in [0, 0.05) is 25.4 Å². The highest BCUT2D eigenvalue weighted by Gasteiger charge is 2.32. The van der Waals surface area contributed by atoms with Crippen LogP contribution in [0.1, 0.15) is 49.7 Å². The number of benzene rings is 3. The van der Waals surface area contributed by atoms with Crippen molar-refractivity contribution in [2.45, 2.75) is 63.6 Å². The lowest BCUT2D eigenvalue weighted by molar-refractivity contribution is -0.141. The van der Waals surface area contributed by atoms with Crippen molar-refractivity contribution >= 4 is 35.0 Å². The fourth-order valence-electron chi connectivity index (χ4n) is 4.83. The highest BCUT2D eigenvalue weighted by atomic mass is 35.5. The van der Waals surface area contributed by atoms with Crippen LogP contribution in [-0.4, -0.2) is 35.4 Å². The Morgan fingerprint density at radius 2 is 1.58 bits per heavy atom. The Balaban J connectivity index is 1.54. The maximum atomic E-state index is 13.7. The van der Waals surface area contributed by atoms with Gasteiger partial charge in [-0.1, -0.05) is 90.6 Å². The third-order valence-corrected chi connectivity index (χ3v) is 7.60. The van der Waals surface area contributed by atoms with Gasteiger partial charge in [0.25, 0.3) is 0 Å². The van der Waals surface area contributed by atoms with Gasteiger partial charge in [0.05, 0.1) is 16.7 Å². The van der Waals surface area contributed by atoms with E-state index in [2.05, 4.69) is 5.32 Å². The summed E-state index contributed by atoms with van der Waals surface area (Å²) in [6.45, 7) is 0.666. The first kappa shape index (κ1) is 28.0. The van der Waals surface area contributed by atoms with E-state index in [0.29, 0.717) is 29.5 Å². The zero-order chi connectivity index (χ0) is 26.7. The minimum atomic E-state index is -0.657. The molecule has 7 heteroatoms. The van der Waals surface area contributed by atoms with E-state index in [4.69, 9.17) is 27.9 Å². The minimum absolute atomic E-state index is 0.102. The van der Waals surface area contributed by atoms with Crippen LogP contribution in [-0.2, 0) is 22.6 Å². The molecule has 0 heterocycles. The van der Waals surface area contributed by atoms with Crippen molar-refractivity contribution in [3.63, 3.8) is 0 Å². The average Bonchev–Trinajstić information content (AvgIpc) is 3.44. The lowest BCUT2D eigenvalue weighted by Gasteiger charge is -2.32. The predicted molar refractivity (Wildman–Crippen MR) is 153 cm³/mol. The zero-order valence-electron chi connectivity index (χ0n) is 21.5. The summed E-state index contributed by atoms with van der Waals surface area (Å²) in [6, 6.07) is 24.2. The summed E-state index contributed by atoms with van der Waals surface area (Å²) in [6.07, 6.45) is 5.39. The van der Waals surface area contributed by atoms with E-state index in [-0.39, 0.29) is 30.8 Å². The smallest absolute Gasteiger partial charge is 0.243 e. The number of carbonyl (C=O) groups excluding carboxylic acids is 2. The quantitative estimate of drug-likeness (QED) is 0.250. The Kier molecular flexibility index (Phi) is 10.5. The Morgan fingerprint density at radius 3 is 2.26 bits per heavy atom. The molecule has 5 nitrogen and oxygen atoms in total. The van der Waals surface area contributed by atoms with Crippen LogP contribution in [0.25, 0.3) is 0 Å². The van der Waals surface area contributed by atoms with Crippen LogP contribution in [0.3, 0.4) is 0 Å². The van der Waals surface area contributed by atoms with E-state index >= 15 is 0 Å². The van der Waals surface area contributed by atoms with Crippen molar-refractivity contribution in [1.82, 2.24) is 10.2 Å². The molecule has 1 fully saturated rings. The van der Waals surface area contributed by atoms with E-state index in [9.17, 15) is 9.59 Å². The highest BCUT2D eigenvalue weighted by Crippen LogP contribution is 2.25. The van der Waals surface area contributed by atoms with Crippen molar-refractivity contribution in [1.29, 1.82) is 0 Å². The molecule has 1 aliphatic rings. The van der Waals surface area contributed by atoms with Crippen LogP contribution in [0.2, 0.25) is 10.0 Å². The third kappa shape index (κ3) is 8.24. The number of nitrogens with one attached hydrogen (secondary N) is 1. The van der Waals surface area contributed by atoms with Crippen LogP contribution in [0.5, 0.6) is 5.75 Å². The topological polar surface area (TPSA) is 58.6 Å². The Bertz CT molecular complexity index is 1180. The van der Waals surface area contributed by atoms with Crippen LogP contribution >= 0.6 is 23.2 Å². The standard InChI is InChI=1S/C31H34Cl2N2O3/c32-27-18-17-24(20-28(27)33)22-35(30(36)16-9-19-38-26-14-5-2-6-15-26)29(21-23-10-3-1-4-11-23)31(37)34-25-12-7-8-13-25/h1-6,10-11,14-15,17-18,20,25,29H,7-9,12-13,16,19,21-22H2,(H,34,37)/t29-/m1/s1. The van der Waals surface area contributed by atoms with Crippen molar-refractivity contribution in [2.75, 3.05) is 6.61 Å². The molecule has 0 spiro atoms. The second kappa shape index (κ2) is 14.2. The normalized spacial score (nSPS) is 14.2. The predicted octanol–water partition coefficient (Wildman–Crippen LogP) is 6.85. The summed E-state index contributed by atoms with van der Waals surface area (Å²) in [5.41, 5.74) is 1.82. The van der Waals surface area contributed by atoms with E-state index < -0.39 is 6.04 Å². The van der Waals surface area contributed by atoms with Gasteiger partial charge in [-0.25, -0.2) is 0 Å². The second-order valence-electron chi connectivity index (χ2n) is 9.73. The van der Waals surface area contributed by atoms with Gasteiger partial charge < -0.3 is 15.0 Å². The lowest BCUT2D eigenvalue weighted by Crippen LogP contribution is -2.52. The van der Waals surface area contributed by atoms with E-state index in [1.165, 1.54) is 0 Å². The molecule has 0 saturated heterocycles. The summed E-state index contributed by atoms with van der Waals surface area (Å²) in [5.74, 6) is 0.551. The molecule has 1 saturated carbocycles. The Morgan fingerprint density at radius 1 is 0.895 bits per heavy atom. The highest BCUT2D eigenvalue weighted by molar-refractivity contribution is 6.42. The Hall–Kier alpha value is -3.02. The lowest BCUT2D eigenvalue weighted by atomic mass is 10.0. The maximum absolute atomic E-state index is 13.7. The number of hydrogen-bond donors (Lipinski definition) is 1. The second-order valence-corrected chi connectivity index (χ2v) is 10.5. The molecular formula is C31H34Cl2N2O3. The molecule has 2 amide bonds. The molecule has 0 aromatic heterocycles. The molecule has 1 N–H and O–H groups in total. The number of nitrogens with zero attached hydrogens (tertiary/aromatic N) is 1. The van der Waals surface area contributed by atoms with Gasteiger partial charge in [-0.3, -0.25) is 9.59 Å². The molecule has 1 atom stereocenters. The summed E-state index contributed by atoms with van der Waals surface area (Å²) in [5, 5.41) is 4.09.